The van der Waals surface area contributed by atoms with E-state index in [0.29, 0.717) is 42.2 Å². The summed E-state index contributed by atoms with van der Waals surface area (Å²) in [5.74, 6) is 1.86. The zero-order valence-electron chi connectivity index (χ0n) is 13.1. The van der Waals surface area contributed by atoms with E-state index in [1.807, 2.05) is 6.92 Å². The van der Waals surface area contributed by atoms with Gasteiger partial charge in [0.05, 0.1) is 12.6 Å². The Morgan fingerprint density at radius 1 is 1.35 bits per heavy atom. The minimum Gasteiger partial charge on any atom is -0.447 e. The van der Waals surface area contributed by atoms with Crippen LogP contribution >= 0.6 is 0 Å². The molecule has 1 aliphatic carbocycles. The van der Waals surface area contributed by atoms with Crippen molar-refractivity contribution in [1.29, 1.82) is 0 Å². The number of amides is 1. The fourth-order valence-corrected chi connectivity index (χ4v) is 2.90. The van der Waals surface area contributed by atoms with E-state index in [1.54, 1.807) is 11.8 Å². The van der Waals surface area contributed by atoms with E-state index >= 15 is 0 Å². The van der Waals surface area contributed by atoms with E-state index in [0.717, 1.165) is 12.8 Å². The van der Waals surface area contributed by atoms with Crippen LogP contribution in [-0.2, 0) is 4.74 Å². The quantitative estimate of drug-likeness (QED) is 0.852. The molecule has 0 N–H and O–H groups in total. The van der Waals surface area contributed by atoms with Gasteiger partial charge in [0.2, 0.25) is 0 Å². The summed E-state index contributed by atoms with van der Waals surface area (Å²) >= 11 is 0. The molecular formula is C15H18N4O4. The number of nitrogens with zero attached hydrogens (tertiary/aromatic N) is 4. The first-order chi connectivity index (χ1) is 11.1. The summed E-state index contributed by atoms with van der Waals surface area (Å²) in [7, 11) is 0. The Labute approximate surface area is 132 Å². The lowest BCUT2D eigenvalue weighted by atomic mass is 10.1. The van der Waals surface area contributed by atoms with Crippen LogP contribution in [0, 0.1) is 6.92 Å². The Bertz CT molecular complexity index is 721. The van der Waals surface area contributed by atoms with Crippen LogP contribution in [0.1, 0.15) is 59.8 Å². The molecule has 2 fully saturated rings. The number of carbonyl (C=O) groups is 1. The zero-order valence-corrected chi connectivity index (χ0v) is 13.1. The highest BCUT2D eigenvalue weighted by molar-refractivity contribution is 5.93. The molecule has 122 valence electrons. The molecule has 0 radical (unpaired) electrons. The van der Waals surface area contributed by atoms with Crippen LogP contribution in [0.4, 0.5) is 0 Å². The lowest BCUT2D eigenvalue weighted by molar-refractivity contribution is -0.0811. The molecule has 0 bridgehead atoms. The molecule has 2 aromatic rings. The number of carbonyl (C=O) groups excluding carboxylic acids is 1. The molecule has 1 aliphatic heterocycles. The molecule has 23 heavy (non-hydrogen) atoms. The summed E-state index contributed by atoms with van der Waals surface area (Å²) in [6, 6.07) is 0. The van der Waals surface area contributed by atoms with Crippen LogP contribution in [0.3, 0.4) is 0 Å². The van der Waals surface area contributed by atoms with Gasteiger partial charge in [-0.3, -0.25) is 4.79 Å². The van der Waals surface area contributed by atoms with Gasteiger partial charge in [-0.15, -0.1) is 0 Å². The second kappa shape index (κ2) is 5.45. The van der Waals surface area contributed by atoms with Gasteiger partial charge in [-0.2, -0.15) is 4.98 Å². The fourth-order valence-electron chi connectivity index (χ4n) is 2.90. The highest BCUT2D eigenvalue weighted by Crippen LogP contribution is 2.41. The van der Waals surface area contributed by atoms with Gasteiger partial charge in [0.15, 0.2) is 24.0 Å². The molecule has 1 amide bonds. The van der Waals surface area contributed by atoms with Crippen LogP contribution < -0.4 is 0 Å². The van der Waals surface area contributed by atoms with Crippen molar-refractivity contribution in [2.24, 2.45) is 0 Å². The van der Waals surface area contributed by atoms with E-state index in [2.05, 4.69) is 15.1 Å². The SMILES string of the molecule is Cc1noc([C@H]2CN(C(=O)c3ncoc3C3CC3)C[C@@H](C)O2)n1. The smallest absolute Gasteiger partial charge is 0.276 e. The molecule has 0 unspecified atom stereocenters. The van der Waals surface area contributed by atoms with Crippen LogP contribution in [0.15, 0.2) is 15.3 Å². The summed E-state index contributed by atoms with van der Waals surface area (Å²) in [5, 5.41) is 3.79. The summed E-state index contributed by atoms with van der Waals surface area (Å²) < 4.78 is 16.4. The number of hydrogen-bond donors (Lipinski definition) is 0. The molecule has 1 saturated heterocycles. The maximum Gasteiger partial charge on any atom is 0.276 e. The molecule has 4 rings (SSSR count). The second-order valence-electron chi connectivity index (χ2n) is 6.16. The number of ether oxygens (including phenoxy) is 1. The zero-order chi connectivity index (χ0) is 16.0. The van der Waals surface area contributed by atoms with Gasteiger partial charge >= 0.3 is 0 Å². The first kappa shape index (κ1) is 14.4. The highest BCUT2D eigenvalue weighted by atomic mass is 16.5. The third-order valence-electron chi connectivity index (χ3n) is 4.11. The minimum absolute atomic E-state index is 0.124. The van der Waals surface area contributed by atoms with E-state index in [-0.39, 0.29) is 12.0 Å². The standard InChI is InChI=1S/C15H18N4O4/c1-8-5-19(6-11(22-8)14-17-9(2)18-23-14)15(20)12-13(10-3-4-10)21-7-16-12/h7-8,10-11H,3-6H2,1-2H3/t8-,11-/m1/s1. The Morgan fingerprint density at radius 3 is 2.87 bits per heavy atom. The van der Waals surface area contributed by atoms with Crippen LogP contribution in [-0.4, -0.2) is 45.1 Å². The predicted octanol–water partition coefficient (Wildman–Crippen LogP) is 1.85. The number of morpholine rings is 1. The van der Waals surface area contributed by atoms with Crippen molar-refractivity contribution in [2.75, 3.05) is 13.1 Å². The van der Waals surface area contributed by atoms with Crippen molar-refractivity contribution in [3.05, 3.63) is 29.6 Å². The minimum atomic E-state index is -0.417. The first-order valence-corrected chi connectivity index (χ1v) is 7.80. The van der Waals surface area contributed by atoms with Gasteiger partial charge in [0.1, 0.15) is 5.76 Å². The molecular weight excluding hydrogens is 300 g/mol. The van der Waals surface area contributed by atoms with Crippen LogP contribution in [0.2, 0.25) is 0 Å². The van der Waals surface area contributed by atoms with Crippen molar-refractivity contribution >= 4 is 5.91 Å². The largest absolute Gasteiger partial charge is 0.447 e. The fraction of sp³-hybridized carbons (Fsp3) is 0.600. The topological polar surface area (TPSA) is 94.5 Å². The first-order valence-electron chi connectivity index (χ1n) is 7.80. The lowest BCUT2D eigenvalue weighted by Gasteiger charge is -2.34. The van der Waals surface area contributed by atoms with E-state index < -0.39 is 6.10 Å². The number of hydrogen-bond acceptors (Lipinski definition) is 7. The number of aromatic nitrogens is 3. The molecule has 2 atom stereocenters. The van der Waals surface area contributed by atoms with Crippen molar-refractivity contribution in [2.45, 2.75) is 44.8 Å². The average Bonchev–Trinajstić information content (AvgIpc) is 3.09. The van der Waals surface area contributed by atoms with Gasteiger partial charge in [0, 0.05) is 12.5 Å². The molecule has 1 saturated carbocycles. The van der Waals surface area contributed by atoms with Crippen molar-refractivity contribution < 1.29 is 18.5 Å². The summed E-state index contributed by atoms with van der Waals surface area (Å²) in [6.45, 7) is 4.53. The molecule has 8 nitrogen and oxygen atoms in total. The highest BCUT2D eigenvalue weighted by Gasteiger charge is 2.37. The third kappa shape index (κ3) is 2.74. The predicted molar refractivity (Wildman–Crippen MR) is 76.7 cm³/mol. The molecule has 0 spiro atoms. The number of oxazole rings is 1. The summed E-state index contributed by atoms with van der Waals surface area (Å²) in [4.78, 5) is 22.9. The Balaban J connectivity index is 1.55. The van der Waals surface area contributed by atoms with Gasteiger partial charge in [-0.05, 0) is 26.7 Å². The summed E-state index contributed by atoms with van der Waals surface area (Å²) in [6.07, 6.45) is 2.92. The Hall–Kier alpha value is -2.22. The Morgan fingerprint density at radius 2 is 2.17 bits per heavy atom. The maximum atomic E-state index is 12.8. The van der Waals surface area contributed by atoms with Crippen molar-refractivity contribution in [3.63, 3.8) is 0 Å². The van der Waals surface area contributed by atoms with Crippen molar-refractivity contribution in [1.82, 2.24) is 20.0 Å². The van der Waals surface area contributed by atoms with E-state index in [9.17, 15) is 4.79 Å². The molecule has 8 heteroatoms. The van der Waals surface area contributed by atoms with E-state index in [4.69, 9.17) is 13.7 Å². The molecule has 2 aliphatic rings. The normalized spacial score (nSPS) is 24.9. The summed E-state index contributed by atoms with van der Waals surface area (Å²) in [5.41, 5.74) is 0.419. The van der Waals surface area contributed by atoms with Gasteiger partial charge in [0.25, 0.3) is 11.8 Å². The average molecular weight is 318 g/mol. The number of aryl methyl sites for hydroxylation is 1. The third-order valence-corrected chi connectivity index (χ3v) is 4.11. The van der Waals surface area contributed by atoms with Gasteiger partial charge in [-0.25, -0.2) is 4.98 Å². The maximum absolute atomic E-state index is 12.8. The monoisotopic (exact) mass is 318 g/mol. The lowest BCUT2D eigenvalue weighted by Crippen LogP contribution is -2.46. The van der Waals surface area contributed by atoms with Crippen LogP contribution in [0.5, 0.6) is 0 Å². The van der Waals surface area contributed by atoms with E-state index in [1.165, 1.54) is 6.39 Å². The Kier molecular flexibility index (Phi) is 3.41. The molecule has 2 aromatic heterocycles. The van der Waals surface area contributed by atoms with Crippen LogP contribution in [0.25, 0.3) is 0 Å². The second-order valence-corrected chi connectivity index (χ2v) is 6.16. The van der Waals surface area contributed by atoms with Gasteiger partial charge < -0.3 is 18.6 Å². The van der Waals surface area contributed by atoms with Crippen molar-refractivity contribution in [3.8, 4) is 0 Å². The molecule has 3 heterocycles. The molecule has 0 aromatic carbocycles. The number of rotatable bonds is 3. The van der Waals surface area contributed by atoms with Gasteiger partial charge in [-0.1, -0.05) is 5.16 Å².